The summed E-state index contributed by atoms with van der Waals surface area (Å²) in [5.74, 6) is 1.05. The highest BCUT2D eigenvalue weighted by molar-refractivity contribution is 6.00. The molecule has 2 aromatic heterocycles. The lowest BCUT2D eigenvalue weighted by Crippen LogP contribution is -2.44. The maximum absolute atomic E-state index is 13.0. The van der Waals surface area contributed by atoms with E-state index in [4.69, 9.17) is 4.42 Å². The Hall–Kier alpha value is -4.24. The highest BCUT2D eigenvalue weighted by atomic mass is 16.4. The Bertz CT molecular complexity index is 1430. The minimum absolute atomic E-state index is 0.105. The largest absolute Gasteiger partial charge is 0.423 e. The second-order valence-electron chi connectivity index (χ2n) is 9.72. The third-order valence-corrected chi connectivity index (χ3v) is 7.45. The molecule has 9 nitrogen and oxygen atoms in total. The van der Waals surface area contributed by atoms with Gasteiger partial charge in [0.2, 0.25) is 6.39 Å². The van der Waals surface area contributed by atoms with E-state index in [1.165, 1.54) is 6.39 Å². The van der Waals surface area contributed by atoms with Crippen molar-refractivity contribution in [2.24, 2.45) is 0 Å². The van der Waals surface area contributed by atoms with Crippen molar-refractivity contribution in [2.75, 3.05) is 23.8 Å². The van der Waals surface area contributed by atoms with Crippen LogP contribution in [0, 0.1) is 0 Å². The number of piperidine rings is 1. The summed E-state index contributed by atoms with van der Waals surface area (Å²) in [6.45, 7) is 2.86. The van der Waals surface area contributed by atoms with Crippen molar-refractivity contribution in [3.05, 3.63) is 83.9 Å². The van der Waals surface area contributed by atoms with Gasteiger partial charge in [0, 0.05) is 30.1 Å². The van der Waals surface area contributed by atoms with Crippen LogP contribution in [-0.4, -0.2) is 44.2 Å². The monoisotopic (exact) mass is 496 g/mol. The van der Waals surface area contributed by atoms with Crippen molar-refractivity contribution in [3.63, 3.8) is 0 Å². The number of nitrogens with one attached hydrogen (secondary N) is 2. The van der Waals surface area contributed by atoms with Gasteiger partial charge in [-0.25, -0.2) is 4.98 Å². The minimum atomic E-state index is -0.346. The number of aliphatic hydroxyl groups excluding tert-OH is 1. The summed E-state index contributed by atoms with van der Waals surface area (Å²) in [5.41, 5.74) is 4.69. The second kappa shape index (κ2) is 9.33. The smallest absolute Gasteiger partial charge is 0.254 e. The summed E-state index contributed by atoms with van der Waals surface area (Å²) in [7, 11) is 0. The predicted molar refractivity (Wildman–Crippen MR) is 139 cm³/mol. The summed E-state index contributed by atoms with van der Waals surface area (Å²) < 4.78 is 5.44. The molecule has 9 heteroatoms. The lowest BCUT2D eigenvalue weighted by molar-refractivity contribution is 0.0464. The van der Waals surface area contributed by atoms with Crippen molar-refractivity contribution in [1.82, 2.24) is 20.1 Å². The Morgan fingerprint density at radius 2 is 2.00 bits per heavy atom. The minimum Gasteiger partial charge on any atom is -0.423 e. The second-order valence-corrected chi connectivity index (χ2v) is 9.72. The van der Waals surface area contributed by atoms with Crippen LogP contribution in [0.25, 0.3) is 11.5 Å². The molecule has 188 valence electrons. The van der Waals surface area contributed by atoms with E-state index in [1.807, 2.05) is 53.4 Å². The summed E-state index contributed by atoms with van der Waals surface area (Å²) >= 11 is 0. The number of hydrogen-bond acceptors (Lipinski definition) is 8. The van der Waals surface area contributed by atoms with Crippen LogP contribution in [-0.2, 0) is 5.54 Å². The van der Waals surface area contributed by atoms with Crippen molar-refractivity contribution < 1.29 is 14.3 Å². The fraction of sp³-hybridized carbons (Fsp3) is 0.286. The number of hydrogen-bond donors (Lipinski definition) is 3. The number of pyridine rings is 1. The summed E-state index contributed by atoms with van der Waals surface area (Å²) in [6.07, 6.45) is 6.05. The number of rotatable bonds is 7. The number of aliphatic hydroxyl groups is 1. The Kier molecular flexibility index (Phi) is 5.84. The number of benzene rings is 2. The number of carbonyl (C=O) groups excluding carboxylic acids is 1. The molecule has 0 saturated carbocycles. The molecular weight excluding hydrogens is 468 g/mol. The number of aromatic nitrogens is 3. The third kappa shape index (κ3) is 4.11. The van der Waals surface area contributed by atoms with Crippen molar-refractivity contribution >= 4 is 23.1 Å². The first kappa shape index (κ1) is 23.2. The van der Waals surface area contributed by atoms with Gasteiger partial charge in [-0.3, -0.25) is 4.79 Å². The van der Waals surface area contributed by atoms with E-state index in [0.717, 1.165) is 48.2 Å². The maximum Gasteiger partial charge on any atom is 0.254 e. The number of anilines is 3. The molecule has 1 fully saturated rings. The van der Waals surface area contributed by atoms with Crippen LogP contribution in [0.3, 0.4) is 0 Å². The Morgan fingerprint density at radius 1 is 1.14 bits per heavy atom. The molecule has 2 aromatic carbocycles. The van der Waals surface area contributed by atoms with E-state index in [0.29, 0.717) is 23.0 Å². The zero-order valence-electron chi connectivity index (χ0n) is 20.5. The first-order valence-corrected chi connectivity index (χ1v) is 12.5. The van der Waals surface area contributed by atoms with Crippen LogP contribution in [0.1, 0.15) is 53.7 Å². The van der Waals surface area contributed by atoms with Crippen LogP contribution in [0.4, 0.5) is 17.2 Å². The van der Waals surface area contributed by atoms with E-state index in [1.54, 1.807) is 6.20 Å². The van der Waals surface area contributed by atoms with Crippen LogP contribution in [0.5, 0.6) is 0 Å². The quantitative estimate of drug-likeness (QED) is 0.332. The zero-order valence-corrected chi connectivity index (χ0v) is 20.5. The first-order chi connectivity index (χ1) is 18.1. The molecule has 0 aliphatic carbocycles. The molecule has 1 saturated heterocycles. The van der Waals surface area contributed by atoms with Gasteiger partial charge in [0.1, 0.15) is 5.82 Å². The Balaban J connectivity index is 1.33. The molecular formula is C28H28N6O3. The van der Waals surface area contributed by atoms with E-state index >= 15 is 0 Å². The van der Waals surface area contributed by atoms with Gasteiger partial charge in [-0.15, -0.1) is 10.2 Å². The molecule has 4 aromatic rings. The van der Waals surface area contributed by atoms with Gasteiger partial charge in [-0.1, -0.05) is 30.3 Å². The molecule has 2 atom stereocenters. The van der Waals surface area contributed by atoms with Crippen molar-refractivity contribution in [1.29, 1.82) is 0 Å². The molecule has 1 unspecified atom stereocenters. The van der Waals surface area contributed by atoms with E-state index < -0.39 is 0 Å². The molecule has 3 N–H and O–H groups in total. The number of amides is 1. The van der Waals surface area contributed by atoms with Crippen molar-refractivity contribution in [3.8, 4) is 11.5 Å². The average molecular weight is 497 g/mol. The first-order valence-electron chi connectivity index (χ1n) is 12.5. The molecule has 0 bridgehead atoms. The van der Waals surface area contributed by atoms with E-state index in [9.17, 15) is 9.90 Å². The normalized spacial score (nSPS) is 19.3. The van der Waals surface area contributed by atoms with Gasteiger partial charge in [-0.05, 0) is 55.5 Å². The summed E-state index contributed by atoms with van der Waals surface area (Å²) in [6, 6.07) is 17.1. The van der Waals surface area contributed by atoms with Crippen LogP contribution < -0.4 is 10.6 Å². The lowest BCUT2D eigenvalue weighted by Gasteiger charge is -2.40. The Labute approximate surface area is 214 Å². The molecule has 0 radical (unpaired) electrons. The summed E-state index contributed by atoms with van der Waals surface area (Å²) in [5, 5.41) is 24.8. The topological polar surface area (TPSA) is 116 Å². The molecule has 4 heterocycles. The third-order valence-electron chi connectivity index (χ3n) is 7.45. The molecule has 2 aliphatic heterocycles. The van der Waals surface area contributed by atoms with Crippen molar-refractivity contribution in [2.45, 2.75) is 37.8 Å². The summed E-state index contributed by atoms with van der Waals surface area (Å²) in [4.78, 5) is 19.6. The number of carbonyl (C=O) groups is 1. The van der Waals surface area contributed by atoms with Gasteiger partial charge in [0.15, 0.2) is 0 Å². The SMILES string of the molecule is CC12CCCCN1C(=O)c1ccc(Nc3cc(N[C@H](CO)c4ccccc4)c(-c4nnco4)cn3)cc12. The molecule has 37 heavy (non-hydrogen) atoms. The van der Waals surface area contributed by atoms with Gasteiger partial charge >= 0.3 is 0 Å². The predicted octanol–water partition coefficient (Wildman–Crippen LogP) is 4.88. The molecule has 0 spiro atoms. The van der Waals surface area contributed by atoms with Gasteiger partial charge in [0.25, 0.3) is 11.8 Å². The van der Waals surface area contributed by atoms with Crippen LogP contribution in [0.2, 0.25) is 0 Å². The maximum atomic E-state index is 13.0. The van der Waals surface area contributed by atoms with E-state index in [-0.39, 0.29) is 24.1 Å². The highest BCUT2D eigenvalue weighted by Crippen LogP contribution is 2.46. The Morgan fingerprint density at radius 3 is 2.78 bits per heavy atom. The van der Waals surface area contributed by atoms with Gasteiger partial charge < -0.3 is 25.1 Å². The van der Waals surface area contributed by atoms with Gasteiger partial charge in [0.05, 0.1) is 29.4 Å². The number of fused-ring (bicyclic) bond motifs is 3. The standard InChI is InChI=1S/C28H28N6O3/c1-28-11-5-6-12-34(28)27(36)20-10-9-19(13-22(20)28)31-25-14-23(21(15-29-25)26-33-30-17-37-26)32-24(16-35)18-7-3-2-4-8-18/h2-4,7-10,13-15,17,24,35H,5-6,11-12,16H2,1H3,(H2,29,31,32)/t24-,28?/m1/s1. The van der Waals surface area contributed by atoms with Crippen LogP contribution >= 0.6 is 0 Å². The fourth-order valence-corrected chi connectivity index (χ4v) is 5.49. The molecule has 2 aliphatic rings. The average Bonchev–Trinajstić information content (AvgIpc) is 3.54. The molecule has 1 amide bonds. The van der Waals surface area contributed by atoms with E-state index in [2.05, 4.69) is 38.8 Å². The fourth-order valence-electron chi connectivity index (χ4n) is 5.49. The van der Waals surface area contributed by atoms with Gasteiger partial charge in [-0.2, -0.15) is 0 Å². The number of nitrogens with zero attached hydrogens (tertiary/aromatic N) is 4. The highest BCUT2D eigenvalue weighted by Gasteiger charge is 2.47. The molecule has 6 rings (SSSR count). The zero-order chi connectivity index (χ0) is 25.4. The van der Waals surface area contributed by atoms with Crippen LogP contribution in [0.15, 0.2) is 71.6 Å². The lowest BCUT2D eigenvalue weighted by atomic mass is 9.84.